The lowest BCUT2D eigenvalue weighted by Crippen LogP contribution is -2.50. The molecule has 0 aromatic heterocycles. The Balaban J connectivity index is 0.00000147. The zero-order chi connectivity index (χ0) is 13.5. The molecule has 110 valence electrons. The molecule has 1 aromatic carbocycles. The third kappa shape index (κ3) is 3.17. The molecule has 2 aliphatic rings. The molecule has 0 bridgehead atoms. The molecule has 0 spiro atoms. The van der Waals surface area contributed by atoms with Gasteiger partial charge in [-0.3, -0.25) is 4.79 Å². The van der Waals surface area contributed by atoms with Crippen molar-refractivity contribution in [3.05, 3.63) is 34.3 Å². The molecule has 1 aliphatic carbocycles. The van der Waals surface area contributed by atoms with Gasteiger partial charge in [0.2, 0.25) is 5.91 Å². The maximum Gasteiger partial charge on any atom is 0.242 e. The molecule has 2 fully saturated rings. The van der Waals surface area contributed by atoms with Gasteiger partial charge < -0.3 is 15.4 Å². The van der Waals surface area contributed by atoms with E-state index in [2.05, 4.69) is 15.9 Å². The number of nitrogens with two attached hydrogens (primary N) is 1. The summed E-state index contributed by atoms with van der Waals surface area (Å²) >= 11 is 3.46. The zero-order valence-corrected chi connectivity index (χ0v) is 13.5. The van der Waals surface area contributed by atoms with Gasteiger partial charge in [0.15, 0.2) is 0 Å². The first kappa shape index (κ1) is 15.8. The Kier molecular flexibility index (Phi) is 4.74. The molecule has 1 amide bonds. The Morgan fingerprint density at radius 2 is 2.20 bits per heavy atom. The smallest absolute Gasteiger partial charge is 0.242 e. The maximum absolute atomic E-state index is 12.3. The van der Waals surface area contributed by atoms with E-state index in [0.717, 1.165) is 22.9 Å². The number of carbonyl (C=O) groups excluding carboxylic acids is 1. The molecule has 1 atom stereocenters. The second kappa shape index (κ2) is 6.02. The zero-order valence-electron chi connectivity index (χ0n) is 11.0. The SMILES string of the molecule is Cl.NC1(C(=O)N2CCOC(c3cccc(Br)c3)C2)CC1. The van der Waals surface area contributed by atoms with Gasteiger partial charge in [0.05, 0.1) is 18.7 Å². The number of carbonyl (C=O) groups is 1. The lowest BCUT2D eigenvalue weighted by atomic mass is 10.1. The molecule has 4 nitrogen and oxygen atoms in total. The minimum Gasteiger partial charge on any atom is -0.370 e. The monoisotopic (exact) mass is 360 g/mol. The van der Waals surface area contributed by atoms with Crippen LogP contribution in [0.5, 0.6) is 0 Å². The van der Waals surface area contributed by atoms with Crippen molar-refractivity contribution >= 4 is 34.2 Å². The first-order chi connectivity index (χ1) is 9.08. The average molecular weight is 362 g/mol. The van der Waals surface area contributed by atoms with Crippen LogP contribution in [0.4, 0.5) is 0 Å². The van der Waals surface area contributed by atoms with Crippen LogP contribution in [0.1, 0.15) is 24.5 Å². The summed E-state index contributed by atoms with van der Waals surface area (Å²) in [4.78, 5) is 14.1. The summed E-state index contributed by atoms with van der Waals surface area (Å²) in [7, 11) is 0. The molecule has 6 heteroatoms. The Morgan fingerprint density at radius 1 is 1.45 bits per heavy atom. The van der Waals surface area contributed by atoms with Crippen molar-refractivity contribution in [1.82, 2.24) is 4.90 Å². The number of hydrogen-bond acceptors (Lipinski definition) is 3. The quantitative estimate of drug-likeness (QED) is 0.879. The summed E-state index contributed by atoms with van der Waals surface area (Å²) in [6.07, 6.45) is 1.56. The molecule has 1 heterocycles. The van der Waals surface area contributed by atoms with Crippen LogP contribution >= 0.6 is 28.3 Å². The fourth-order valence-corrected chi connectivity index (χ4v) is 2.82. The highest BCUT2D eigenvalue weighted by atomic mass is 79.9. The second-order valence-corrected chi connectivity index (χ2v) is 6.24. The van der Waals surface area contributed by atoms with Crippen molar-refractivity contribution in [1.29, 1.82) is 0 Å². The molecular weight excluding hydrogens is 344 g/mol. The highest BCUT2D eigenvalue weighted by Crippen LogP contribution is 2.35. The summed E-state index contributed by atoms with van der Waals surface area (Å²) in [6, 6.07) is 8.02. The fraction of sp³-hybridized carbons (Fsp3) is 0.500. The van der Waals surface area contributed by atoms with Crippen LogP contribution in [0, 0.1) is 0 Å². The Hall–Kier alpha value is -0.620. The van der Waals surface area contributed by atoms with Crippen molar-refractivity contribution < 1.29 is 9.53 Å². The van der Waals surface area contributed by atoms with E-state index in [-0.39, 0.29) is 24.4 Å². The van der Waals surface area contributed by atoms with Crippen LogP contribution in [-0.4, -0.2) is 36.0 Å². The van der Waals surface area contributed by atoms with Gasteiger partial charge in [0.25, 0.3) is 0 Å². The summed E-state index contributed by atoms with van der Waals surface area (Å²) in [5, 5.41) is 0. The van der Waals surface area contributed by atoms with E-state index in [0.29, 0.717) is 19.7 Å². The van der Waals surface area contributed by atoms with E-state index >= 15 is 0 Å². The number of nitrogens with zero attached hydrogens (tertiary/aromatic N) is 1. The normalized spacial score (nSPS) is 23.9. The summed E-state index contributed by atoms with van der Waals surface area (Å²) in [6.45, 7) is 1.80. The molecule has 3 rings (SSSR count). The van der Waals surface area contributed by atoms with Gasteiger partial charge >= 0.3 is 0 Å². The van der Waals surface area contributed by atoms with Gasteiger partial charge in [-0.05, 0) is 30.5 Å². The number of amides is 1. The van der Waals surface area contributed by atoms with Crippen molar-refractivity contribution in [2.24, 2.45) is 5.73 Å². The standard InChI is InChI=1S/C14H17BrN2O2.ClH/c15-11-3-1-2-10(8-11)12-9-17(6-7-19-12)13(18)14(16)4-5-14;/h1-3,8,12H,4-7,9,16H2;1H. The third-order valence-corrected chi connectivity index (χ3v) is 4.28. The third-order valence-electron chi connectivity index (χ3n) is 3.79. The predicted molar refractivity (Wildman–Crippen MR) is 82.8 cm³/mol. The lowest BCUT2D eigenvalue weighted by molar-refractivity contribution is -0.141. The van der Waals surface area contributed by atoms with Crippen molar-refractivity contribution in [2.45, 2.75) is 24.5 Å². The van der Waals surface area contributed by atoms with E-state index < -0.39 is 5.54 Å². The molecule has 1 aromatic rings. The van der Waals surface area contributed by atoms with Crippen molar-refractivity contribution in [3.8, 4) is 0 Å². The Bertz CT molecular complexity index is 508. The molecule has 1 unspecified atom stereocenters. The molecule has 1 saturated carbocycles. The Morgan fingerprint density at radius 3 is 2.85 bits per heavy atom. The number of benzene rings is 1. The minimum atomic E-state index is -0.584. The first-order valence-electron chi connectivity index (χ1n) is 6.54. The highest BCUT2D eigenvalue weighted by molar-refractivity contribution is 9.10. The van der Waals surface area contributed by atoms with Crippen LogP contribution in [0.25, 0.3) is 0 Å². The molecule has 2 N–H and O–H groups in total. The fourth-order valence-electron chi connectivity index (χ4n) is 2.41. The number of ether oxygens (including phenoxy) is 1. The molecule has 1 saturated heterocycles. The van der Waals surface area contributed by atoms with E-state index in [1.54, 1.807) is 0 Å². The number of halogens is 2. The van der Waals surface area contributed by atoms with Gasteiger partial charge in [-0.25, -0.2) is 0 Å². The second-order valence-electron chi connectivity index (χ2n) is 5.32. The van der Waals surface area contributed by atoms with Crippen molar-refractivity contribution in [2.75, 3.05) is 19.7 Å². The van der Waals surface area contributed by atoms with Crippen LogP contribution in [-0.2, 0) is 9.53 Å². The molecular formula is C14H18BrClN2O2. The summed E-state index contributed by atoms with van der Waals surface area (Å²) < 4.78 is 6.80. The van der Waals surface area contributed by atoms with Gasteiger partial charge in [0.1, 0.15) is 6.10 Å². The van der Waals surface area contributed by atoms with Gasteiger partial charge in [-0.15, -0.1) is 12.4 Å². The van der Waals surface area contributed by atoms with Crippen LogP contribution in [0.2, 0.25) is 0 Å². The number of rotatable bonds is 2. The van der Waals surface area contributed by atoms with E-state index in [1.807, 2.05) is 29.2 Å². The predicted octanol–water partition coefficient (Wildman–Crippen LogP) is 2.26. The van der Waals surface area contributed by atoms with Crippen LogP contribution in [0.15, 0.2) is 28.7 Å². The molecule has 1 aliphatic heterocycles. The molecule has 0 radical (unpaired) electrons. The summed E-state index contributed by atoms with van der Waals surface area (Å²) in [5.41, 5.74) is 6.50. The van der Waals surface area contributed by atoms with E-state index in [4.69, 9.17) is 10.5 Å². The van der Waals surface area contributed by atoms with Crippen LogP contribution in [0.3, 0.4) is 0 Å². The van der Waals surface area contributed by atoms with Gasteiger partial charge in [0, 0.05) is 11.0 Å². The number of morpholine rings is 1. The first-order valence-corrected chi connectivity index (χ1v) is 7.33. The largest absolute Gasteiger partial charge is 0.370 e. The minimum absolute atomic E-state index is 0. The summed E-state index contributed by atoms with van der Waals surface area (Å²) in [5.74, 6) is 0.0794. The van der Waals surface area contributed by atoms with Gasteiger partial charge in [-0.2, -0.15) is 0 Å². The Labute approximate surface area is 133 Å². The molecule has 20 heavy (non-hydrogen) atoms. The number of hydrogen-bond donors (Lipinski definition) is 1. The topological polar surface area (TPSA) is 55.6 Å². The lowest BCUT2D eigenvalue weighted by Gasteiger charge is -2.34. The highest BCUT2D eigenvalue weighted by Gasteiger charge is 2.48. The maximum atomic E-state index is 12.3. The van der Waals surface area contributed by atoms with E-state index in [9.17, 15) is 4.79 Å². The van der Waals surface area contributed by atoms with Crippen LogP contribution < -0.4 is 5.73 Å². The average Bonchev–Trinajstić information content (AvgIpc) is 3.17. The van der Waals surface area contributed by atoms with E-state index in [1.165, 1.54) is 0 Å². The van der Waals surface area contributed by atoms with Gasteiger partial charge in [-0.1, -0.05) is 28.1 Å². The van der Waals surface area contributed by atoms with Crippen molar-refractivity contribution in [3.63, 3.8) is 0 Å².